The number of anilines is 1. The number of carbonyl (C=O) groups excluding carboxylic acids is 1. The van der Waals surface area contributed by atoms with E-state index in [1.807, 2.05) is 30.3 Å². The second-order valence-corrected chi connectivity index (χ2v) is 6.74. The minimum atomic E-state index is -0.242. The predicted molar refractivity (Wildman–Crippen MR) is 101 cm³/mol. The second-order valence-electron chi connectivity index (χ2n) is 6.74. The van der Waals surface area contributed by atoms with E-state index in [2.05, 4.69) is 40.6 Å². The molecule has 3 aromatic rings. The van der Waals surface area contributed by atoms with Gasteiger partial charge in [0.15, 0.2) is 0 Å². The van der Waals surface area contributed by atoms with Crippen LogP contribution in [0.15, 0.2) is 65.5 Å². The number of benzene rings is 2. The van der Waals surface area contributed by atoms with Crippen LogP contribution >= 0.6 is 0 Å². The van der Waals surface area contributed by atoms with E-state index in [0.29, 0.717) is 11.6 Å². The standard InChI is InChI=1S/C21H19N3O2/c1-13-4-2-5-14(10-13)17-12-18(17)21(26)22-16-7-3-6-15(11-16)19-8-9-20(25)24-23-19/h2-11,17-18H,12H2,1H3,(H,22,26)(H,24,25)/t17-,18-/m1/s1. The summed E-state index contributed by atoms with van der Waals surface area (Å²) in [6, 6.07) is 18.9. The quantitative estimate of drug-likeness (QED) is 0.760. The molecule has 130 valence electrons. The van der Waals surface area contributed by atoms with Gasteiger partial charge in [-0.25, -0.2) is 5.10 Å². The Bertz CT molecular complexity index is 1010. The van der Waals surface area contributed by atoms with Crippen LogP contribution < -0.4 is 10.9 Å². The van der Waals surface area contributed by atoms with Gasteiger partial charge in [-0.15, -0.1) is 0 Å². The van der Waals surface area contributed by atoms with E-state index in [1.54, 1.807) is 6.07 Å². The molecule has 0 spiro atoms. The number of hydrogen-bond donors (Lipinski definition) is 2. The third-order valence-electron chi connectivity index (χ3n) is 4.70. The highest BCUT2D eigenvalue weighted by Crippen LogP contribution is 2.48. The Morgan fingerprint density at radius 3 is 2.73 bits per heavy atom. The van der Waals surface area contributed by atoms with Crippen LogP contribution in [0, 0.1) is 12.8 Å². The fraction of sp³-hybridized carbons (Fsp3) is 0.190. The van der Waals surface area contributed by atoms with Crippen molar-refractivity contribution in [2.24, 2.45) is 5.92 Å². The number of rotatable bonds is 4. The first-order chi connectivity index (χ1) is 12.6. The van der Waals surface area contributed by atoms with Gasteiger partial charge >= 0.3 is 0 Å². The fourth-order valence-corrected chi connectivity index (χ4v) is 3.25. The van der Waals surface area contributed by atoms with Gasteiger partial charge in [-0.05, 0) is 43.0 Å². The molecule has 1 fully saturated rings. The molecular weight excluding hydrogens is 326 g/mol. The van der Waals surface area contributed by atoms with Gasteiger partial charge in [-0.2, -0.15) is 5.10 Å². The van der Waals surface area contributed by atoms with E-state index in [4.69, 9.17) is 0 Å². The van der Waals surface area contributed by atoms with E-state index in [9.17, 15) is 9.59 Å². The van der Waals surface area contributed by atoms with Crippen molar-refractivity contribution in [1.29, 1.82) is 0 Å². The second kappa shape index (κ2) is 6.59. The summed E-state index contributed by atoms with van der Waals surface area (Å²) in [5, 5.41) is 9.45. The molecule has 1 aliphatic rings. The first kappa shape index (κ1) is 16.3. The van der Waals surface area contributed by atoms with Gasteiger partial charge in [-0.3, -0.25) is 9.59 Å². The van der Waals surface area contributed by atoms with Gasteiger partial charge in [0.05, 0.1) is 5.69 Å². The summed E-state index contributed by atoms with van der Waals surface area (Å²) < 4.78 is 0. The molecule has 0 aliphatic heterocycles. The highest BCUT2D eigenvalue weighted by molar-refractivity contribution is 5.95. The Morgan fingerprint density at radius 2 is 1.96 bits per heavy atom. The van der Waals surface area contributed by atoms with Gasteiger partial charge in [0, 0.05) is 23.2 Å². The zero-order chi connectivity index (χ0) is 18.1. The third-order valence-corrected chi connectivity index (χ3v) is 4.70. The summed E-state index contributed by atoms with van der Waals surface area (Å²) in [5.74, 6) is 0.369. The lowest BCUT2D eigenvalue weighted by Gasteiger charge is -2.07. The predicted octanol–water partition coefficient (Wildman–Crippen LogP) is 3.49. The highest BCUT2D eigenvalue weighted by atomic mass is 16.2. The Balaban J connectivity index is 1.46. The fourth-order valence-electron chi connectivity index (χ4n) is 3.25. The lowest BCUT2D eigenvalue weighted by atomic mass is 10.1. The molecule has 1 saturated carbocycles. The lowest BCUT2D eigenvalue weighted by molar-refractivity contribution is -0.117. The van der Waals surface area contributed by atoms with Crippen LogP contribution in [0.2, 0.25) is 0 Å². The van der Waals surface area contributed by atoms with Crippen molar-refractivity contribution in [3.63, 3.8) is 0 Å². The van der Waals surface area contributed by atoms with E-state index in [0.717, 1.165) is 17.7 Å². The topological polar surface area (TPSA) is 74.8 Å². The summed E-state index contributed by atoms with van der Waals surface area (Å²) >= 11 is 0. The minimum Gasteiger partial charge on any atom is -0.326 e. The van der Waals surface area contributed by atoms with Gasteiger partial charge < -0.3 is 5.32 Å². The molecule has 5 nitrogen and oxygen atoms in total. The van der Waals surface area contributed by atoms with Crippen LogP contribution in [0.5, 0.6) is 0 Å². The van der Waals surface area contributed by atoms with Crippen molar-refractivity contribution in [3.05, 3.63) is 82.1 Å². The van der Waals surface area contributed by atoms with Gasteiger partial charge in [0.25, 0.3) is 5.56 Å². The normalized spacial score (nSPS) is 18.3. The summed E-state index contributed by atoms with van der Waals surface area (Å²) in [7, 11) is 0. The maximum Gasteiger partial charge on any atom is 0.264 e. The molecule has 4 rings (SSSR count). The van der Waals surface area contributed by atoms with Gasteiger partial charge in [0.2, 0.25) is 5.91 Å². The molecule has 0 saturated heterocycles. The molecule has 26 heavy (non-hydrogen) atoms. The molecule has 0 bridgehead atoms. The molecule has 1 aromatic heterocycles. The number of aromatic amines is 1. The Labute approximate surface area is 151 Å². The first-order valence-electron chi connectivity index (χ1n) is 8.64. The van der Waals surface area contributed by atoms with E-state index >= 15 is 0 Å². The van der Waals surface area contributed by atoms with Crippen molar-refractivity contribution in [2.75, 3.05) is 5.32 Å². The Kier molecular flexibility index (Phi) is 4.13. The SMILES string of the molecule is Cc1cccc([C@H]2C[C@H]2C(=O)Nc2cccc(-c3ccc(=O)[nH]n3)c2)c1. The molecule has 0 radical (unpaired) electrons. The maximum absolute atomic E-state index is 12.6. The summed E-state index contributed by atoms with van der Waals surface area (Å²) in [6.07, 6.45) is 0.885. The number of carbonyl (C=O) groups is 1. The average molecular weight is 345 g/mol. The molecule has 2 atom stereocenters. The largest absolute Gasteiger partial charge is 0.326 e. The number of nitrogens with one attached hydrogen (secondary N) is 2. The van der Waals surface area contributed by atoms with Crippen LogP contribution in [-0.2, 0) is 4.79 Å². The van der Waals surface area contributed by atoms with E-state index in [-0.39, 0.29) is 17.4 Å². The number of H-pyrrole nitrogens is 1. The third kappa shape index (κ3) is 3.42. The van der Waals surface area contributed by atoms with E-state index < -0.39 is 0 Å². The van der Waals surface area contributed by atoms with E-state index in [1.165, 1.54) is 17.2 Å². The van der Waals surface area contributed by atoms with Crippen molar-refractivity contribution in [3.8, 4) is 11.3 Å². The molecule has 2 aromatic carbocycles. The molecule has 1 amide bonds. The minimum absolute atomic E-state index is 0.0201. The lowest BCUT2D eigenvalue weighted by Crippen LogP contribution is -2.14. The monoisotopic (exact) mass is 345 g/mol. The summed E-state index contributed by atoms with van der Waals surface area (Å²) in [4.78, 5) is 23.7. The Morgan fingerprint density at radius 1 is 1.12 bits per heavy atom. The number of amides is 1. The van der Waals surface area contributed by atoms with Crippen molar-refractivity contribution < 1.29 is 4.79 Å². The first-order valence-corrected chi connectivity index (χ1v) is 8.64. The van der Waals surface area contributed by atoms with Crippen LogP contribution in [0.3, 0.4) is 0 Å². The number of aryl methyl sites for hydroxylation is 1. The number of nitrogens with zero attached hydrogens (tertiary/aromatic N) is 1. The number of hydrogen-bond acceptors (Lipinski definition) is 3. The molecule has 1 aliphatic carbocycles. The molecular formula is C21H19N3O2. The molecule has 0 unspecified atom stereocenters. The van der Waals surface area contributed by atoms with Gasteiger partial charge in [0.1, 0.15) is 0 Å². The molecule has 5 heteroatoms. The zero-order valence-corrected chi connectivity index (χ0v) is 14.4. The van der Waals surface area contributed by atoms with Crippen molar-refractivity contribution in [1.82, 2.24) is 10.2 Å². The van der Waals surface area contributed by atoms with Crippen LogP contribution in [0.25, 0.3) is 11.3 Å². The maximum atomic E-state index is 12.6. The molecule has 2 N–H and O–H groups in total. The van der Waals surface area contributed by atoms with Crippen molar-refractivity contribution in [2.45, 2.75) is 19.3 Å². The zero-order valence-electron chi connectivity index (χ0n) is 14.4. The molecule has 1 heterocycles. The number of aromatic nitrogens is 2. The highest BCUT2D eigenvalue weighted by Gasteiger charge is 2.43. The Hall–Kier alpha value is -3.21. The van der Waals surface area contributed by atoms with Gasteiger partial charge in [-0.1, -0.05) is 42.0 Å². The van der Waals surface area contributed by atoms with Crippen LogP contribution in [-0.4, -0.2) is 16.1 Å². The summed E-state index contributed by atoms with van der Waals surface area (Å²) in [6.45, 7) is 2.07. The van der Waals surface area contributed by atoms with Crippen molar-refractivity contribution >= 4 is 11.6 Å². The van der Waals surface area contributed by atoms with Crippen LogP contribution in [0.4, 0.5) is 5.69 Å². The smallest absolute Gasteiger partial charge is 0.264 e. The average Bonchev–Trinajstić information content (AvgIpc) is 3.44. The van der Waals surface area contributed by atoms with Crippen LogP contribution in [0.1, 0.15) is 23.5 Å². The summed E-state index contributed by atoms with van der Waals surface area (Å²) in [5.41, 5.74) is 4.44.